The van der Waals surface area contributed by atoms with Gasteiger partial charge in [0.15, 0.2) is 0 Å². The van der Waals surface area contributed by atoms with Gasteiger partial charge in [0, 0.05) is 5.75 Å². The lowest BCUT2D eigenvalue weighted by molar-refractivity contribution is 0.761. The monoisotopic (exact) mass is 236 g/mol. The van der Waals surface area contributed by atoms with E-state index >= 15 is 0 Å². The first-order chi connectivity index (χ1) is 5.89. The van der Waals surface area contributed by atoms with E-state index in [1.165, 1.54) is 11.3 Å². The summed E-state index contributed by atoms with van der Waals surface area (Å²) in [5.41, 5.74) is 1.47. The van der Waals surface area contributed by atoms with Crippen molar-refractivity contribution >= 4 is 30.8 Å². The predicted octanol–water partition coefficient (Wildman–Crippen LogP) is 4.58. The molecule has 0 aromatic heterocycles. The number of rotatable bonds is 5. The van der Waals surface area contributed by atoms with E-state index in [1.807, 2.05) is 21.6 Å². The normalized spacial score (nSPS) is 17.6. The second-order valence-electron chi connectivity index (χ2n) is 3.72. The maximum Gasteiger partial charge on any atom is 0.0555 e. The molecule has 2 atom stereocenters. The zero-order valence-corrected chi connectivity index (χ0v) is 12.0. The minimum atomic E-state index is 0.190. The summed E-state index contributed by atoms with van der Waals surface area (Å²) in [5, 5.41) is 0. The second-order valence-corrected chi connectivity index (χ2v) is 8.40. The fraction of sp³-hybridized carbons (Fsp3) is 0.800. The lowest BCUT2D eigenvalue weighted by Gasteiger charge is -2.20. The third-order valence-corrected chi connectivity index (χ3v) is 5.78. The van der Waals surface area contributed by atoms with Gasteiger partial charge in [-0.1, -0.05) is 54.0 Å². The van der Waals surface area contributed by atoms with Gasteiger partial charge in [0.1, 0.15) is 0 Å². The van der Waals surface area contributed by atoms with Crippen molar-refractivity contribution in [1.29, 1.82) is 0 Å². The van der Waals surface area contributed by atoms with Gasteiger partial charge in [-0.05, 0) is 19.8 Å². The Bertz CT molecular complexity index is 174. The van der Waals surface area contributed by atoms with E-state index in [9.17, 15) is 0 Å². The van der Waals surface area contributed by atoms with Crippen LogP contribution in [0.4, 0.5) is 0 Å². The summed E-state index contributed by atoms with van der Waals surface area (Å²) < 4.78 is 0.190. The van der Waals surface area contributed by atoms with Crippen molar-refractivity contribution < 1.29 is 0 Å². The standard InChI is InChI=1S/C10H21PS2/c1-6-12-13-10(5,11)7-9(4)8(2)3/h7-8H,6,11H2,1-5H3/b9-7+. The molecule has 2 unspecified atom stereocenters. The molecule has 0 fully saturated rings. The van der Waals surface area contributed by atoms with E-state index in [4.69, 9.17) is 0 Å². The molecule has 0 radical (unpaired) electrons. The quantitative estimate of drug-likeness (QED) is 0.389. The summed E-state index contributed by atoms with van der Waals surface area (Å²) in [6, 6.07) is 0. The minimum Gasteiger partial charge on any atom is -0.116 e. The van der Waals surface area contributed by atoms with Crippen LogP contribution in [0.2, 0.25) is 0 Å². The zero-order valence-electron chi connectivity index (χ0n) is 9.26. The van der Waals surface area contributed by atoms with Gasteiger partial charge < -0.3 is 0 Å². The van der Waals surface area contributed by atoms with E-state index in [1.54, 1.807) is 0 Å². The van der Waals surface area contributed by atoms with Crippen LogP contribution >= 0.6 is 30.8 Å². The van der Waals surface area contributed by atoms with Crippen molar-refractivity contribution in [2.75, 3.05) is 5.75 Å². The summed E-state index contributed by atoms with van der Waals surface area (Å²) in [4.78, 5) is 0. The van der Waals surface area contributed by atoms with Crippen LogP contribution in [0, 0.1) is 5.92 Å². The van der Waals surface area contributed by atoms with Crippen LogP contribution in [0.3, 0.4) is 0 Å². The van der Waals surface area contributed by atoms with Crippen LogP contribution in [0.15, 0.2) is 11.6 Å². The fourth-order valence-corrected chi connectivity index (χ4v) is 3.57. The van der Waals surface area contributed by atoms with Gasteiger partial charge in [0.05, 0.1) is 4.49 Å². The van der Waals surface area contributed by atoms with Crippen LogP contribution in [-0.2, 0) is 0 Å². The molecule has 0 aliphatic rings. The van der Waals surface area contributed by atoms with E-state index in [0.29, 0.717) is 5.92 Å². The first-order valence-corrected chi connectivity index (χ1v) is 7.57. The van der Waals surface area contributed by atoms with Crippen molar-refractivity contribution in [3.8, 4) is 0 Å². The predicted molar refractivity (Wildman–Crippen MR) is 72.4 cm³/mol. The molecular weight excluding hydrogens is 215 g/mol. The Kier molecular flexibility index (Phi) is 6.80. The third kappa shape index (κ3) is 6.88. The number of allylic oxidation sites excluding steroid dienone is 1. The van der Waals surface area contributed by atoms with E-state index in [2.05, 4.69) is 49.9 Å². The molecule has 0 saturated carbocycles. The van der Waals surface area contributed by atoms with Crippen molar-refractivity contribution in [2.45, 2.75) is 39.1 Å². The summed E-state index contributed by atoms with van der Waals surface area (Å²) >= 11 is 0. The average Bonchev–Trinajstić information content (AvgIpc) is 2.00. The first kappa shape index (κ1) is 13.9. The molecule has 0 aliphatic carbocycles. The smallest absolute Gasteiger partial charge is 0.0555 e. The van der Waals surface area contributed by atoms with Gasteiger partial charge in [0.2, 0.25) is 0 Å². The molecule has 13 heavy (non-hydrogen) atoms. The van der Waals surface area contributed by atoms with E-state index in [-0.39, 0.29) is 4.49 Å². The molecule has 0 aliphatic heterocycles. The highest BCUT2D eigenvalue weighted by molar-refractivity contribution is 8.77. The molecule has 0 aromatic rings. The van der Waals surface area contributed by atoms with Crippen molar-refractivity contribution in [3.05, 3.63) is 11.6 Å². The first-order valence-electron chi connectivity index (χ1n) is 4.68. The molecule has 0 rings (SSSR count). The SMILES string of the molecule is CCSSC(C)(P)/C=C(\C)C(C)C. The molecule has 3 heteroatoms. The highest BCUT2D eigenvalue weighted by Gasteiger charge is 2.16. The van der Waals surface area contributed by atoms with Gasteiger partial charge in [-0.3, -0.25) is 0 Å². The highest BCUT2D eigenvalue weighted by Crippen LogP contribution is 2.42. The van der Waals surface area contributed by atoms with Crippen molar-refractivity contribution in [1.82, 2.24) is 0 Å². The van der Waals surface area contributed by atoms with Crippen LogP contribution in [0.5, 0.6) is 0 Å². The highest BCUT2D eigenvalue weighted by atomic mass is 33.1. The third-order valence-electron chi connectivity index (χ3n) is 1.78. The molecule has 0 spiro atoms. The summed E-state index contributed by atoms with van der Waals surface area (Å²) in [6.45, 7) is 11.1. The lowest BCUT2D eigenvalue weighted by Crippen LogP contribution is -2.06. The maximum atomic E-state index is 2.92. The molecule has 0 heterocycles. The second kappa shape index (κ2) is 6.37. The Balaban J connectivity index is 4.21. The number of hydrogen-bond acceptors (Lipinski definition) is 2. The Morgan fingerprint density at radius 1 is 1.54 bits per heavy atom. The summed E-state index contributed by atoms with van der Waals surface area (Å²) in [5.74, 6) is 1.83. The lowest BCUT2D eigenvalue weighted by atomic mass is 10.0. The Morgan fingerprint density at radius 3 is 2.46 bits per heavy atom. The van der Waals surface area contributed by atoms with Gasteiger partial charge in [-0.2, -0.15) is 0 Å². The molecule has 0 aromatic carbocycles. The Labute approximate surface area is 93.3 Å². The van der Waals surface area contributed by atoms with Crippen LogP contribution in [0.25, 0.3) is 0 Å². The van der Waals surface area contributed by atoms with E-state index in [0.717, 1.165) is 0 Å². The molecule has 0 nitrogen and oxygen atoms in total. The number of hydrogen-bond donors (Lipinski definition) is 0. The van der Waals surface area contributed by atoms with Gasteiger partial charge in [-0.25, -0.2) is 0 Å². The fourth-order valence-electron chi connectivity index (χ4n) is 0.829. The van der Waals surface area contributed by atoms with Gasteiger partial charge >= 0.3 is 0 Å². The molecule has 0 bridgehead atoms. The molecule has 0 saturated heterocycles. The average molecular weight is 236 g/mol. The maximum absolute atomic E-state index is 2.92. The Hall–Kier alpha value is 0.870. The largest absolute Gasteiger partial charge is 0.116 e. The van der Waals surface area contributed by atoms with Crippen LogP contribution in [-0.4, -0.2) is 10.2 Å². The van der Waals surface area contributed by atoms with Gasteiger partial charge in [-0.15, -0.1) is 9.24 Å². The van der Waals surface area contributed by atoms with Crippen molar-refractivity contribution in [3.63, 3.8) is 0 Å². The zero-order chi connectivity index (χ0) is 10.5. The Morgan fingerprint density at radius 2 is 2.08 bits per heavy atom. The van der Waals surface area contributed by atoms with Crippen molar-refractivity contribution in [2.24, 2.45) is 5.92 Å². The van der Waals surface area contributed by atoms with Crippen LogP contribution in [0.1, 0.15) is 34.6 Å². The van der Waals surface area contributed by atoms with Gasteiger partial charge in [0.25, 0.3) is 0 Å². The minimum absolute atomic E-state index is 0.190. The summed E-state index contributed by atoms with van der Waals surface area (Å²) in [6.07, 6.45) is 2.36. The van der Waals surface area contributed by atoms with E-state index < -0.39 is 0 Å². The van der Waals surface area contributed by atoms with Crippen LogP contribution < -0.4 is 0 Å². The molecular formula is C10H21PS2. The molecule has 0 N–H and O–H groups in total. The summed E-state index contributed by atoms with van der Waals surface area (Å²) in [7, 11) is 6.77. The molecule has 0 amide bonds. The topological polar surface area (TPSA) is 0 Å². The molecule has 78 valence electrons.